The summed E-state index contributed by atoms with van der Waals surface area (Å²) in [4.78, 5) is 19.8. The van der Waals surface area contributed by atoms with Crippen molar-refractivity contribution < 1.29 is 0 Å². The molecule has 3 aromatic heterocycles. The van der Waals surface area contributed by atoms with Crippen LogP contribution in [0, 0.1) is 5.92 Å². The Bertz CT molecular complexity index is 1380. The molecular formula is C31H45N7. The van der Waals surface area contributed by atoms with Gasteiger partial charge >= 0.3 is 0 Å². The first kappa shape index (κ1) is 26.7. The maximum atomic E-state index is 6.08. The molecule has 1 aromatic carbocycles. The molecule has 3 heterocycles. The number of H-pyrrole nitrogens is 1. The highest BCUT2D eigenvalue weighted by Crippen LogP contribution is 2.40. The fourth-order valence-corrected chi connectivity index (χ4v) is 6.40. The topological polar surface area (TPSA) is 88.7 Å². The number of fused-ring (bicyclic) bond motifs is 2. The van der Waals surface area contributed by atoms with E-state index in [1.54, 1.807) is 6.33 Å². The average molecular weight is 516 g/mol. The van der Waals surface area contributed by atoms with Crippen molar-refractivity contribution in [2.45, 2.75) is 104 Å². The van der Waals surface area contributed by atoms with Crippen LogP contribution in [0.3, 0.4) is 0 Å². The lowest BCUT2D eigenvalue weighted by Crippen LogP contribution is -2.43. The smallest absolute Gasteiger partial charge is 0.145 e. The minimum Gasteiger partial charge on any atom is -0.383 e. The molecule has 0 aliphatic heterocycles. The zero-order chi connectivity index (χ0) is 27.0. The highest BCUT2D eigenvalue weighted by molar-refractivity contribution is 5.86. The van der Waals surface area contributed by atoms with Crippen LogP contribution in [0.25, 0.3) is 22.1 Å². The van der Waals surface area contributed by atoms with Gasteiger partial charge in [0.15, 0.2) is 0 Å². The molecule has 3 unspecified atom stereocenters. The summed E-state index contributed by atoms with van der Waals surface area (Å²) in [6.07, 6.45) is 10.7. The Morgan fingerprint density at radius 3 is 2.68 bits per heavy atom. The van der Waals surface area contributed by atoms with Gasteiger partial charge in [0.25, 0.3) is 0 Å². The van der Waals surface area contributed by atoms with Gasteiger partial charge in [0.05, 0.1) is 16.4 Å². The summed E-state index contributed by atoms with van der Waals surface area (Å²) in [5.74, 6) is 2.36. The van der Waals surface area contributed by atoms with E-state index in [1.807, 2.05) is 0 Å². The lowest BCUT2D eigenvalue weighted by atomic mass is 9.87. The quantitative estimate of drug-likeness (QED) is 0.244. The lowest BCUT2D eigenvalue weighted by Gasteiger charge is -2.36. The number of nitrogens with one attached hydrogen (secondary N) is 1. The van der Waals surface area contributed by atoms with Crippen molar-refractivity contribution in [2.24, 2.45) is 5.92 Å². The molecule has 1 fully saturated rings. The Hall–Kier alpha value is -2.93. The average Bonchev–Trinajstić information content (AvgIpc) is 3.60. The molecule has 1 aliphatic carbocycles. The second-order valence-corrected chi connectivity index (χ2v) is 12.6. The summed E-state index contributed by atoms with van der Waals surface area (Å²) in [5, 5.41) is 0.965. The van der Waals surface area contributed by atoms with Gasteiger partial charge in [-0.2, -0.15) is 0 Å². The molecule has 1 aliphatic rings. The zero-order valence-corrected chi connectivity index (χ0v) is 24.0. The second-order valence-electron chi connectivity index (χ2n) is 12.6. The molecule has 3 atom stereocenters. The normalized spacial score (nSPS) is 19.4. The fourth-order valence-electron chi connectivity index (χ4n) is 6.40. The third-order valence-electron chi connectivity index (χ3n) is 8.72. The first-order valence-corrected chi connectivity index (χ1v) is 14.4. The van der Waals surface area contributed by atoms with Crippen LogP contribution < -0.4 is 5.73 Å². The van der Waals surface area contributed by atoms with Crippen molar-refractivity contribution in [3.05, 3.63) is 48.2 Å². The summed E-state index contributed by atoms with van der Waals surface area (Å²) >= 11 is 0. The van der Waals surface area contributed by atoms with E-state index < -0.39 is 0 Å². The maximum Gasteiger partial charge on any atom is 0.145 e. The summed E-state index contributed by atoms with van der Waals surface area (Å²) in [6, 6.07) is 10.3. The van der Waals surface area contributed by atoms with Crippen LogP contribution in [-0.4, -0.2) is 48.0 Å². The number of anilines is 1. The van der Waals surface area contributed by atoms with E-state index in [2.05, 4.69) is 96.4 Å². The number of hydrogen-bond acceptors (Lipinski definition) is 5. The van der Waals surface area contributed by atoms with Crippen LogP contribution in [0.5, 0.6) is 0 Å². The number of nitrogens with zero attached hydrogens (tertiary/aromatic N) is 5. The number of aromatic amines is 1. The van der Waals surface area contributed by atoms with Gasteiger partial charge in [0.2, 0.25) is 0 Å². The van der Waals surface area contributed by atoms with Crippen LogP contribution in [0.4, 0.5) is 5.82 Å². The number of nitrogen functional groups attached to an aromatic ring is 1. The minimum absolute atomic E-state index is 0.147. The van der Waals surface area contributed by atoms with E-state index in [0.717, 1.165) is 47.3 Å². The third-order valence-corrected chi connectivity index (χ3v) is 8.72. The second kappa shape index (κ2) is 10.7. The molecule has 38 heavy (non-hydrogen) atoms. The summed E-state index contributed by atoms with van der Waals surface area (Å²) < 4.78 is 2.33. The molecule has 7 nitrogen and oxygen atoms in total. The first-order chi connectivity index (χ1) is 18.1. The number of aromatic nitrogens is 5. The van der Waals surface area contributed by atoms with E-state index in [1.165, 1.54) is 31.2 Å². The number of imidazole rings is 1. The predicted molar refractivity (Wildman–Crippen MR) is 157 cm³/mol. The minimum atomic E-state index is 0.147. The SMILES string of the molecule is CC(C)N(CCCCc1nc2ccc(C(C)(C)C)cc2[nH]1)C(C)C1CCC(n2ccc3c(N)ncnc32)C1. The summed E-state index contributed by atoms with van der Waals surface area (Å²) in [6.45, 7) is 15.0. The summed E-state index contributed by atoms with van der Waals surface area (Å²) in [5.41, 5.74) is 10.8. The van der Waals surface area contributed by atoms with Gasteiger partial charge in [-0.15, -0.1) is 0 Å². The molecule has 204 valence electrons. The molecule has 5 rings (SSSR count). The van der Waals surface area contributed by atoms with Crippen molar-refractivity contribution >= 4 is 27.9 Å². The standard InChI is InChI=1S/C31H45N7/c1-20(2)37(15-8-7-9-28-35-26-13-11-23(31(4,5)6)18-27(26)36-28)21(3)22-10-12-24(17-22)38-16-14-25-29(32)33-19-34-30(25)38/h11,13-14,16,18-22,24H,7-10,12,15,17H2,1-6H3,(H,35,36)(H2,32,33,34). The van der Waals surface area contributed by atoms with Gasteiger partial charge in [0.1, 0.15) is 23.6 Å². The molecule has 7 heteroatoms. The van der Waals surface area contributed by atoms with Gasteiger partial charge in [-0.25, -0.2) is 15.0 Å². The fraction of sp³-hybridized carbons (Fsp3) is 0.581. The van der Waals surface area contributed by atoms with Crippen molar-refractivity contribution in [2.75, 3.05) is 12.3 Å². The van der Waals surface area contributed by atoms with Gasteiger partial charge in [0, 0.05) is 30.7 Å². The van der Waals surface area contributed by atoms with E-state index in [0.29, 0.717) is 29.9 Å². The highest BCUT2D eigenvalue weighted by Gasteiger charge is 2.33. The summed E-state index contributed by atoms with van der Waals surface area (Å²) in [7, 11) is 0. The molecular weight excluding hydrogens is 470 g/mol. The van der Waals surface area contributed by atoms with Gasteiger partial charge in [-0.1, -0.05) is 26.8 Å². The number of rotatable bonds is 9. The first-order valence-electron chi connectivity index (χ1n) is 14.4. The van der Waals surface area contributed by atoms with Crippen LogP contribution >= 0.6 is 0 Å². The van der Waals surface area contributed by atoms with Gasteiger partial charge in [-0.3, -0.25) is 4.90 Å². The van der Waals surface area contributed by atoms with E-state index >= 15 is 0 Å². The Labute approximate surface area is 227 Å². The van der Waals surface area contributed by atoms with Crippen molar-refractivity contribution in [1.82, 2.24) is 29.4 Å². The number of benzene rings is 1. The third kappa shape index (κ3) is 5.44. The number of hydrogen-bond donors (Lipinski definition) is 2. The van der Waals surface area contributed by atoms with Crippen molar-refractivity contribution in [1.29, 1.82) is 0 Å². The van der Waals surface area contributed by atoms with Gasteiger partial charge in [-0.05, 0) is 94.5 Å². The van der Waals surface area contributed by atoms with Crippen LogP contribution in [0.15, 0.2) is 36.8 Å². The Balaban J connectivity index is 1.16. The van der Waals surface area contributed by atoms with E-state index in [4.69, 9.17) is 10.7 Å². The monoisotopic (exact) mass is 515 g/mol. The molecule has 0 spiro atoms. The lowest BCUT2D eigenvalue weighted by molar-refractivity contribution is 0.116. The Morgan fingerprint density at radius 1 is 1.11 bits per heavy atom. The van der Waals surface area contributed by atoms with Crippen molar-refractivity contribution in [3.63, 3.8) is 0 Å². The number of unbranched alkanes of at least 4 members (excludes halogenated alkanes) is 1. The van der Waals surface area contributed by atoms with Crippen LogP contribution in [-0.2, 0) is 11.8 Å². The van der Waals surface area contributed by atoms with E-state index in [-0.39, 0.29) is 5.41 Å². The molecule has 0 radical (unpaired) electrons. The zero-order valence-electron chi connectivity index (χ0n) is 24.0. The molecule has 0 bridgehead atoms. The Morgan fingerprint density at radius 2 is 1.92 bits per heavy atom. The largest absolute Gasteiger partial charge is 0.383 e. The highest BCUT2D eigenvalue weighted by atomic mass is 15.2. The van der Waals surface area contributed by atoms with Crippen molar-refractivity contribution in [3.8, 4) is 0 Å². The molecule has 1 saturated carbocycles. The predicted octanol–water partition coefficient (Wildman–Crippen LogP) is 6.65. The van der Waals surface area contributed by atoms with Crippen LogP contribution in [0.1, 0.15) is 91.1 Å². The Kier molecular flexibility index (Phi) is 7.49. The molecule has 3 N–H and O–H groups in total. The van der Waals surface area contributed by atoms with Gasteiger partial charge < -0.3 is 15.3 Å². The number of aryl methyl sites for hydroxylation is 1. The maximum absolute atomic E-state index is 6.08. The molecule has 4 aromatic rings. The van der Waals surface area contributed by atoms with Crippen LogP contribution in [0.2, 0.25) is 0 Å². The van der Waals surface area contributed by atoms with E-state index in [9.17, 15) is 0 Å². The molecule has 0 saturated heterocycles. The number of nitrogens with two attached hydrogens (primary N) is 1. The molecule has 0 amide bonds.